The summed E-state index contributed by atoms with van der Waals surface area (Å²) in [6.07, 6.45) is 5.11. The van der Waals surface area contributed by atoms with Crippen LogP contribution in [0.4, 0.5) is 5.69 Å². The number of para-hydroxylation sites is 1. The van der Waals surface area contributed by atoms with E-state index in [1.807, 2.05) is 42.5 Å². The number of anilines is 1. The SMILES string of the molecule is O=C(Nc1ccccc1C(=O)NN=CC=Cc1ccccc1)c1ccccc1. The second-order valence-corrected chi connectivity index (χ2v) is 5.85. The number of allylic oxidation sites excluding steroid dienone is 1. The summed E-state index contributed by atoms with van der Waals surface area (Å²) in [5.74, 6) is -0.691. The van der Waals surface area contributed by atoms with E-state index in [0.717, 1.165) is 5.56 Å². The first-order valence-corrected chi connectivity index (χ1v) is 8.74. The van der Waals surface area contributed by atoms with Crippen molar-refractivity contribution in [1.82, 2.24) is 5.43 Å². The maximum Gasteiger partial charge on any atom is 0.273 e. The lowest BCUT2D eigenvalue weighted by Crippen LogP contribution is -2.21. The van der Waals surface area contributed by atoms with Gasteiger partial charge in [0.1, 0.15) is 0 Å². The third-order valence-corrected chi connectivity index (χ3v) is 3.87. The van der Waals surface area contributed by atoms with Crippen LogP contribution in [0.2, 0.25) is 0 Å². The van der Waals surface area contributed by atoms with Gasteiger partial charge in [0, 0.05) is 11.8 Å². The molecule has 0 spiro atoms. The van der Waals surface area contributed by atoms with Gasteiger partial charge in [0.05, 0.1) is 11.3 Å². The van der Waals surface area contributed by atoms with E-state index in [4.69, 9.17) is 0 Å². The summed E-state index contributed by atoms with van der Waals surface area (Å²) in [6.45, 7) is 0. The summed E-state index contributed by atoms with van der Waals surface area (Å²) < 4.78 is 0. The van der Waals surface area contributed by atoms with E-state index >= 15 is 0 Å². The van der Waals surface area contributed by atoms with Crippen molar-refractivity contribution in [2.75, 3.05) is 5.32 Å². The van der Waals surface area contributed by atoms with Gasteiger partial charge in [-0.3, -0.25) is 9.59 Å². The van der Waals surface area contributed by atoms with Gasteiger partial charge in [-0.25, -0.2) is 5.43 Å². The van der Waals surface area contributed by atoms with E-state index in [0.29, 0.717) is 16.8 Å². The Balaban J connectivity index is 1.63. The minimum Gasteiger partial charge on any atom is -0.321 e. The molecule has 0 unspecified atom stereocenters. The molecule has 0 fully saturated rings. The zero-order valence-corrected chi connectivity index (χ0v) is 15.1. The zero-order chi connectivity index (χ0) is 19.6. The lowest BCUT2D eigenvalue weighted by atomic mass is 10.1. The Morgan fingerprint density at radius 3 is 2.14 bits per heavy atom. The van der Waals surface area contributed by atoms with Gasteiger partial charge in [-0.05, 0) is 35.9 Å². The van der Waals surface area contributed by atoms with Crippen LogP contribution in [0.5, 0.6) is 0 Å². The van der Waals surface area contributed by atoms with Crippen LogP contribution in [0, 0.1) is 0 Å². The number of carbonyl (C=O) groups is 2. The molecule has 2 N–H and O–H groups in total. The van der Waals surface area contributed by atoms with Crippen LogP contribution in [-0.4, -0.2) is 18.0 Å². The maximum atomic E-state index is 12.4. The fourth-order valence-electron chi connectivity index (χ4n) is 2.49. The van der Waals surface area contributed by atoms with Gasteiger partial charge in [0.25, 0.3) is 11.8 Å². The van der Waals surface area contributed by atoms with Crippen LogP contribution in [0.15, 0.2) is 96.1 Å². The van der Waals surface area contributed by atoms with Crippen LogP contribution in [-0.2, 0) is 0 Å². The molecule has 0 atom stereocenters. The minimum absolute atomic E-state index is 0.282. The van der Waals surface area contributed by atoms with Crippen molar-refractivity contribution < 1.29 is 9.59 Å². The molecule has 28 heavy (non-hydrogen) atoms. The normalized spacial score (nSPS) is 10.9. The van der Waals surface area contributed by atoms with Gasteiger partial charge in [0.2, 0.25) is 0 Å². The second-order valence-electron chi connectivity index (χ2n) is 5.85. The summed E-state index contributed by atoms with van der Waals surface area (Å²) in [6, 6.07) is 25.4. The van der Waals surface area contributed by atoms with Gasteiger partial charge in [-0.1, -0.05) is 66.7 Å². The average Bonchev–Trinajstić information content (AvgIpc) is 2.75. The van der Waals surface area contributed by atoms with Gasteiger partial charge < -0.3 is 5.32 Å². The molecule has 3 aromatic rings. The van der Waals surface area contributed by atoms with Crippen LogP contribution in [0.25, 0.3) is 6.08 Å². The first-order valence-electron chi connectivity index (χ1n) is 8.74. The number of hydrogen-bond donors (Lipinski definition) is 2. The molecule has 3 rings (SSSR count). The Bertz CT molecular complexity index is 997. The molecule has 0 aliphatic carbocycles. The number of rotatable bonds is 6. The topological polar surface area (TPSA) is 70.6 Å². The molecular formula is C23H19N3O2. The molecule has 3 aromatic carbocycles. The zero-order valence-electron chi connectivity index (χ0n) is 15.1. The Kier molecular flexibility index (Phi) is 6.47. The number of hydrazone groups is 1. The third-order valence-electron chi connectivity index (χ3n) is 3.87. The first kappa shape index (κ1) is 18.8. The summed E-state index contributed by atoms with van der Waals surface area (Å²) >= 11 is 0. The fraction of sp³-hybridized carbons (Fsp3) is 0. The van der Waals surface area contributed by atoms with E-state index in [9.17, 15) is 9.59 Å². The molecule has 0 aliphatic rings. The third kappa shape index (κ3) is 5.25. The molecule has 0 saturated carbocycles. The highest BCUT2D eigenvalue weighted by molar-refractivity contribution is 6.09. The van der Waals surface area contributed by atoms with E-state index in [1.165, 1.54) is 6.21 Å². The summed E-state index contributed by atoms with van der Waals surface area (Å²) in [7, 11) is 0. The minimum atomic E-state index is -0.409. The van der Waals surface area contributed by atoms with Crippen molar-refractivity contribution in [3.8, 4) is 0 Å². The highest BCUT2D eigenvalue weighted by Gasteiger charge is 2.13. The van der Waals surface area contributed by atoms with Crippen molar-refractivity contribution in [3.05, 3.63) is 108 Å². The van der Waals surface area contributed by atoms with E-state index in [1.54, 1.807) is 54.6 Å². The molecule has 0 bridgehead atoms. The second kappa shape index (κ2) is 9.64. The average molecular weight is 369 g/mol. The van der Waals surface area contributed by atoms with Gasteiger partial charge >= 0.3 is 0 Å². The number of benzene rings is 3. The van der Waals surface area contributed by atoms with E-state index in [2.05, 4.69) is 15.8 Å². The fourth-order valence-corrected chi connectivity index (χ4v) is 2.49. The molecule has 5 nitrogen and oxygen atoms in total. The smallest absolute Gasteiger partial charge is 0.273 e. The van der Waals surface area contributed by atoms with Crippen LogP contribution in [0.3, 0.4) is 0 Å². The molecule has 0 aromatic heterocycles. The largest absolute Gasteiger partial charge is 0.321 e. The predicted molar refractivity (Wildman–Crippen MR) is 112 cm³/mol. The molecule has 2 amide bonds. The predicted octanol–water partition coefficient (Wildman–Crippen LogP) is 4.37. The lowest BCUT2D eigenvalue weighted by molar-refractivity contribution is 0.0956. The van der Waals surface area contributed by atoms with Crippen molar-refractivity contribution in [3.63, 3.8) is 0 Å². The molecule has 0 saturated heterocycles. The van der Waals surface area contributed by atoms with Gasteiger partial charge in [0.15, 0.2) is 0 Å². The molecular weight excluding hydrogens is 350 g/mol. The van der Waals surface area contributed by atoms with Crippen molar-refractivity contribution in [2.24, 2.45) is 5.10 Å². The molecule has 138 valence electrons. The number of hydrogen-bond acceptors (Lipinski definition) is 3. The van der Waals surface area contributed by atoms with E-state index < -0.39 is 5.91 Å². The quantitative estimate of drug-likeness (QED) is 0.500. The molecule has 5 heteroatoms. The number of carbonyl (C=O) groups excluding carboxylic acids is 2. The van der Waals surface area contributed by atoms with Gasteiger partial charge in [-0.2, -0.15) is 5.10 Å². The van der Waals surface area contributed by atoms with Crippen LogP contribution < -0.4 is 10.7 Å². The Morgan fingerprint density at radius 1 is 0.750 bits per heavy atom. The standard InChI is InChI=1S/C23H19N3O2/c27-22(19-13-5-2-6-14-19)25-21-16-8-7-15-20(21)23(28)26-24-17-9-12-18-10-3-1-4-11-18/h1-17H,(H,25,27)(H,26,28). The van der Waals surface area contributed by atoms with Crippen molar-refractivity contribution in [2.45, 2.75) is 0 Å². The van der Waals surface area contributed by atoms with Gasteiger partial charge in [-0.15, -0.1) is 0 Å². The number of nitrogens with zero attached hydrogens (tertiary/aromatic N) is 1. The van der Waals surface area contributed by atoms with Crippen LogP contribution in [0.1, 0.15) is 26.3 Å². The molecule has 0 radical (unpaired) electrons. The monoisotopic (exact) mass is 369 g/mol. The first-order chi connectivity index (χ1) is 13.7. The number of nitrogens with one attached hydrogen (secondary N) is 2. The molecule has 0 heterocycles. The lowest BCUT2D eigenvalue weighted by Gasteiger charge is -2.09. The van der Waals surface area contributed by atoms with Crippen molar-refractivity contribution in [1.29, 1.82) is 0 Å². The maximum absolute atomic E-state index is 12.4. The van der Waals surface area contributed by atoms with Crippen LogP contribution >= 0.6 is 0 Å². The highest BCUT2D eigenvalue weighted by Crippen LogP contribution is 2.16. The summed E-state index contributed by atoms with van der Waals surface area (Å²) in [5, 5.41) is 6.68. The summed E-state index contributed by atoms with van der Waals surface area (Å²) in [5.41, 5.74) is 4.77. The summed E-state index contributed by atoms with van der Waals surface area (Å²) in [4.78, 5) is 24.8. The molecule has 0 aliphatic heterocycles. The Labute approximate surface area is 163 Å². The van der Waals surface area contributed by atoms with Crippen molar-refractivity contribution >= 4 is 29.8 Å². The highest BCUT2D eigenvalue weighted by atomic mass is 16.2. The van der Waals surface area contributed by atoms with E-state index in [-0.39, 0.29) is 5.91 Å². The number of amides is 2. The Hall–Kier alpha value is -3.99. The Morgan fingerprint density at radius 2 is 1.39 bits per heavy atom.